The van der Waals surface area contributed by atoms with Crippen molar-refractivity contribution in [3.8, 4) is 17.1 Å². The number of benzene rings is 2. The van der Waals surface area contributed by atoms with Crippen molar-refractivity contribution >= 4 is 22.8 Å². The molecule has 3 heterocycles. The van der Waals surface area contributed by atoms with Crippen molar-refractivity contribution in [3.63, 3.8) is 0 Å². The summed E-state index contributed by atoms with van der Waals surface area (Å²) in [6.45, 7) is 2.16. The van der Waals surface area contributed by atoms with Gasteiger partial charge in [0, 0.05) is 24.9 Å². The van der Waals surface area contributed by atoms with Gasteiger partial charge in [0.1, 0.15) is 23.5 Å². The first-order valence-corrected chi connectivity index (χ1v) is 10.6. The smallest absolute Gasteiger partial charge is 0.407 e. The van der Waals surface area contributed by atoms with Crippen molar-refractivity contribution in [1.82, 2.24) is 15.3 Å². The van der Waals surface area contributed by atoms with Gasteiger partial charge in [0.15, 0.2) is 5.82 Å². The number of halogens is 1. The fourth-order valence-electron chi connectivity index (χ4n) is 4.14. The Hall–Kier alpha value is -3.46. The van der Waals surface area contributed by atoms with E-state index in [1.807, 2.05) is 4.90 Å². The van der Waals surface area contributed by atoms with Crippen LogP contribution in [0.1, 0.15) is 12.8 Å². The normalized spacial score (nSPS) is 20.6. The van der Waals surface area contributed by atoms with Crippen LogP contribution in [0.4, 0.5) is 15.0 Å². The summed E-state index contributed by atoms with van der Waals surface area (Å²) in [7, 11) is 0. The van der Waals surface area contributed by atoms with Gasteiger partial charge in [-0.3, -0.25) is 0 Å². The predicted octanol–water partition coefficient (Wildman–Crippen LogP) is 3.24. The number of carbonyl (C=O) groups excluding carboxylic acids is 1. The van der Waals surface area contributed by atoms with Crippen LogP contribution in [-0.2, 0) is 9.47 Å². The Bertz CT molecular complexity index is 1150. The highest BCUT2D eigenvalue weighted by Crippen LogP contribution is 2.33. The number of nitrogens with zero attached hydrogens (tertiary/aromatic N) is 3. The molecule has 1 aromatic heterocycles. The lowest BCUT2D eigenvalue weighted by Crippen LogP contribution is -2.39. The summed E-state index contributed by atoms with van der Waals surface area (Å²) in [5.41, 5.74) is 1.07. The summed E-state index contributed by atoms with van der Waals surface area (Å²) < 4.78 is 24.7. The van der Waals surface area contributed by atoms with Gasteiger partial charge in [-0.2, -0.15) is 0 Å². The second-order valence-corrected chi connectivity index (χ2v) is 8.02. The Balaban J connectivity index is 1.41. The third kappa shape index (κ3) is 4.16. The van der Waals surface area contributed by atoms with Crippen LogP contribution in [0.5, 0.6) is 5.75 Å². The number of fused-ring (bicyclic) bond motifs is 1. The third-order valence-electron chi connectivity index (χ3n) is 5.75. The summed E-state index contributed by atoms with van der Waals surface area (Å²) in [6, 6.07) is 11.1. The number of hydrogen-bond acceptors (Lipinski definition) is 7. The van der Waals surface area contributed by atoms with E-state index in [-0.39, 0.29) is 23.7 Å². The fourth-order valence-corrected chi connectivity index (χ4v) is 4.14. The molecule has 8 nitrogen and oxygen atoms in total. The number of phenolic OH excluding ortho intramolecular Hbond substituents is 1. The van der Waals surface area contributed by atoms with E-state index < -0.39 is 6.09 Å². The molecular formula is C23H23FN4O4. The molecule has 0 aliphatic carbocycles. The van der Waals surface area contributed by atoms with Crippen molar-refractivity contribution < 1.29 is 23.8 Å². The Labute approximate surface area is 184 Å². The predicted molar refractivity (Wildman–Crippen MR) is 116 cm³/mol. The van der Waals surface area contributed by atoms with E-state index in [2.05, 4.69) is 15.3 Å². The number of aromatic hydroxyl groups is 1. The molecule has 0 saturated carbocycles. The highest BCUT2D eigenvalue weighted by Gasteiger charge is 2.29. The molecule has 2 aromatic carbocycles. The zero-order valence-corrected chi connectivity index (χ0v) is 17.3. The van der Waals surface area contributed by atoms with Gasteiger partial charge in [-0.25, -0.2) is 19.2 Å². The van der Waals surface area contributed by atoms with Crippen LogP contribution in [-0.4, -0.2) is 59.6 Å². The zero-order valence-electron chi connectivity index (χ0n) is 17.3. The van der Waals surface area contributed by atoms with Crippen molar-refractivity contribution in [2.45, 2.75) is 25.0 Å². The molecule has 9 heteroatoms. The summed E-state index contributed by atoms with van der Waals surface area (Å²) in [4.78, 5) is 23.4. The average Bonchev–Trinajstić information content (AvgIpc) is 3.45. The topological polar surface area (TPSA) is 96.8 Å². The van der Waals surface area contributed by atoms with Crippen LogP contribution in [0.3, 0.4) is 0 Å². The number of amides is 1. The van der Waals surface area contributed by atoms with Crippen molar-refractivity contribution in [2.75, 3.05) is 31.2 Å². The van der Waals surface area contributed by atoms with Crippen molar-refractivity contribution in [2.24, 2.45) is 0 Å². The summed E-state index contributed by atoms with van der Waals surface area (Å²) in [6.07, 6.45) is 0.740. The van der Waals surface area contributed by atoms with Gasteiger partial charge >= 0.3 is 6.09 Å². The van der Waals surface area contributed by atoms with E-state index in [0.29, 0.717) is 67.3 Å². The maximum atomic E-state index is 14.0. The van der Waals surface area contributed by atoms with Gasteiger partial charge in [0.25, 0.3) is 0 Å². The number of nitrogens with one attached hydrogen (secondary N) is 1. The Morgan fingerprint density at radius 3 is 2.91 bits per heavy atom. The number of carbonyl (C=O) groups is 1. The highest BCUT2D eigenvalue weighted by molar-refractivity contribution is 5.91. The first kappa shape index (κ1) is 20.4. The first-order chi connectivity index (χ1) is 15.6. The quantitative estimate of drug-likeness (QED) is 0.646. The van der Waals surface area contributed by atoms with E-state index in [1.165, 1.54) is 12.1 Å². The number of anilines is 1. The van der Waals surface area contributed by atoms with Gasteiger partial charge in [-0.15, -0.1) is 0 Å². The van der Waals surface area contributed by atoms with Crippen LogP contribution in [0.25, 0.3) is 22.3 Å². The van der Waals surface area contributed by atoms with Gasteiger partial charge in [0.2, 0.25) is 0 Å². The maximum absolute atomic E-state index is 14.0. The largest absolute Gasteiger partial charge is 0.507 e. The maximum Gasteiger partial charge on any atom is 0.407 e. The second-order valence-electron chi connectivity index (χ2n) is 8.02. The number of hydrogen-bond donors (Lipinski definition) is 2. The minimum atomic E-state index is -0.458. The van der Waals surface area contributed by atoms with Crippen LogP contribution < -0.4 is 10.2 Å². The molecule has 5 rings (SSSR count). The highest BCUT2D eigenvalue weighted by atomic mass is 19.1. The van der Waals surface area contributed by atoms with Crippen LogP contribution in [0.2, 0.25) is 0 Å². The summed E-state index contributed by atoms with van der Waals surface area (Å²) in [5, 5.41) is 13.8. The molecule has 2 aliphatic rings. The number of phenols is 1. The van der Waals surface area contributed by atoms with Crippen LogP contribution in [0, 0.1) is 5.82 Å². The van der Waals surface area contributed by atoms with Crippen molar-refractivity contribution in [3.05, 3.63) is 48.3 Å². The molecule has 166 valence electrons. The van der Waals surface area contributed by atoms with Crippen LogP contribution in [0.15, 0.2) is 42.5 Å². The second kappa shape index (κ2) is 8.58. The van der Waals surface area contributed by atoms with E-state index >= 15 is 0 Å². The van der Waals surface area contributed by atoms with E-state index in [0.717, 1.165) is 0 Å². The molecule has 0 spiro atoms. The molecule has 32 heavy (non-hydrogen) atoms. The van der Waals surface area contributed by atoms with E-state index in [1.54, 1.807) is 30.3 Å². The lowest BCUT2D eigenvalue weighted by atomic mass is 10.1. The molecule has 0 radical (unpaired) electrons. The first-order valence-electron chi connectivity index (χ1n) is 10.6. The van der Waals surface area contributed by atoms with Crippen molar-refractivity contribution in [1.29, 1.82) is 0 Å². The lowest BCUT2D eigenvalue weighted by Gasteiger charge is -2.21. The molecule has 3 aromatic rings. The van der Waals surface area contributed by atoms with E-state index in [4.69, 9.17) is 9.47 Å². The fraction of sp³-hybridized carbons (Fsp3) is 0.348. The molecular weight excluding hydrogens is 415 g/mol. The zero-order chi connectivity index (χ0) is 22.1. The average molecular weight is 438 g/mol. The Morgan fingerprint density at radius 1 is 1.22 bits per heavy atom. The minimum absolute atomic E-state index is 0.0690. The standard InChI is InChI=1S/C23H23FN4O4/c24-14-5-6-19-18(11-14)22(27-21(26-19)17-3-1-2-4-20(17)29)28-9-7-15(12-28)25-23(30)32-16-8-10-31-13-16/h1-6,11,15-16,29H,7-10,12-13H2,(H,25,30). The Kier molecular flexibility index (Phi) is 5.48. The number of aromatic nitrogens is 2. The molecule has 2 aliphatic heterocycles. The summed E-state index contributed by atoms with van der Waals surface area (Å²) in [5.74, 6) is 0.609. The number of ether oxygens (including phenoxy) is 2. The molecule has 2 saturated heterocycles. The summed E-state index contributed by atoms with van der Waals surface area (Å²) >= 11 is 0. The minimum Gasteiger partial charge on any atom is -0.507 e. The SMILES string of the molecule is O=C(NC1CCN(c2nc(-c3ccccc3O)nc3ccc(F)cc23)C1)OC1CCOC1. The number of alkyl carbamates (subject to hydrolysis) is 1. The van der Waals surface area contributed by atoms with Gasteiger partial charge in [0.05, 0.1) is 30.3 Å². The van der Waals surface area contributed by atoms with Crippen LogP contribution >= 0.6 is 0 Å². The lowest BCUT2D eigenvalue weighted by molar-refractivity contribution is 0.0813. The van der Waals surface area contributed by atoms with Gasteiger partial charge in [-0.1, -0.05) is 12.1 Å². The molecule has 1 amide bonds. The third-order valence-corrected chi connectivity index (χ3v) is 5.75. The molecule has 2 unspecified atom stereocenters. The number of rotatable bonds is 4. The molecule has 2 atom stereocenters. The van der Waals surface area contributed by atoms with Gasteiger partial charge < -0.3 is 24.8 Å². The Morgan fingerprint density at radius 2 is 2.09 bits per heavy atom. The monoisotopic (exact) mass is 438 g/mol. The molecule has 0 bridgehead atoms. The van der Waals surface area contributed by atoms with Gasteiger partial charge in [-0.05, 0) is 36.8 Å². The van der Waals surface area contributed by atoms with E-state index in [9.17, 15) is 14.3 Å². The number of para-hydroxylation sites is 1. The molecule has 2 N–H and O–H groups in total. The molecule has 2 fully saturated rings.